The summed E-state index contributed by atoms with van der Waals surface area (Å²) in [5.41, 5.74) is 3.30. The number of halogens is 1. The lowest BCUT2D eigenvalue weighted by molar-refractivity contribution is -0.695. The first-order chi connectivity index (χ1) is 12.1. The average molecular weight is 419 g/mol. The van der Waals surface area contributed by atoms with Gasteiger partial charge in [0.15, 0.2) is 18.9 Å². The van der Waals surface area contributed by atoms with Crippen molar-refractivity contribution in [1.82, 2.24) is 4.90 Å². The Morgan fingerprint density at radius 1 is 1.04 bits per heavy atom. The van der Waals surface area contributed by atoms with Gasteiger partial charge < -0.3 is 32.1 Å². The summed E-state index contributed by atoms with van der Waals surface area (Å²) in [5, 5.41) is 2.98. The molecule has 0 spiro atoms. The van der Waals surface area contributed by atoms with Crippen LogP contribution in [0.25, 0.3) is 0 Å². The molecule has 1 aromatic carbocycles. The van der Waals surface area contributed by atoms with Gasteiger partial charge in [-0.1, -0.05) is 0 Å². The molecule has 6 heteroatoms. The molecule has 0 radical (unpaired) electrons. The molecule has 1 saturated heterocycles. The normalized spacial score (nSPS) is 14.6. The van der Waals surface area contributed by atoms with Crippen molar-refractivity contribution in [2.75, 3.05) is 43.4 Å². The van der Waals surface area contributed by atoms with Crippen LogP contribution in [0.1, 0.15) is 12.0 Å². The average Bonchev–Trinajstić information content (AvgIpc) is 2.63. The highest BCUT2D eigenvalue weighted by molar-refractivity contribution is 5.90. The summed E-state index contributed by atoms with van der Waals surface area (Å²) in [4.78, 5) is 16.9. The minimum absolute atomic E-state index is 0. The zero-order valence-corrected chi connectivity index (χ0v) is 17.1. The highest BCUT2D eigenvalue weighted by Crippen LogP contribution is 2.19. The summed E-state index contributed by atoms with van der Waals surface area (Å²) in [6.45, 7) is 7.03. The topological polar surface area (TPSA) is 39.5 Å². The molecule has 0 saturated carbocycles. The number of aromatic nitrogens is 1. The van der Waals surface area contributed by atoms with Crippen molar-refractivity contribution in [3.8, 4) is 0 Å². The fraction of sp³-hybridized carbons (Fsp3) is 0.400. The van der Waals surface area contributed by atoms with E-state index in [1.165, 1.54) is 11.3 Å². The molecule has 3 rings (SSSR count). The van der Waals surface area contributed by atoms with E-state index in [2.05, 4.69) is 53.4 Å². The molecule has 1 aliphatic rings. The molecular formula is C20H27BrN4O. The van der Waals surface area contributed by atoms with Gasteiger partial charge >= 0.3 is 0 Å². The number of anilines is 2. The van der Waals surface area contributed by atoms with E-state index in [-0.39, 0.29) is 22.9 Å². The van der Waals surface area contributed by atoms with Crippen molar-refractivity contribution < 1.29 is 26.3 Å². The zero-order chi connectivity index (χ0) is 17.6. The lowest BCUT2D eigenvalue weighted by Crippen LogP contribution is -3.00. The van der Waals surface area contributed by atoms with E-state index >= 15 is 0 Å². The Balaban J connectivity index is 0.00000243. The predicted molar refractivity (Wildman–Crippen MR) is 101 cm³/mol. The number of hydrogen-bond donors (Lipinski definition) is 1. The fourth-order valence-corrected chi connectivity index (χ4v) is 2.96. The Labute approximate surface area is 166 Å². The molecule has 1 aromatic heterocycles. The third kappa shape index (κ3) is 5.81. The molecule has 1 aliphatic heterocycles. The highest BCUT2D eigenvalue weighted by atomic mass is 79.9. The van der Waals surface area contributed by atoms with Gasteiger partial charge in [-0.2, -0.15) is 0 Å². The number of likely N-dealkylation sites (N-methyl/N-ethyl adjacent to an activating group) is 1. The van der Waals surface area contributed by atoms with Crippen molar-refractivity contribution in [1.29, 1.82) is 0 Å². The number of pyridine rings is 1. The number of piperazine rings is 1. The van der Waals surface area contributed by atoms with Gasteiger partial charge in [0.1, 0.15) is 0 Å². The molecule has 2 aromatic rings. The largest absolute Gasteiger partial charge is 1.00 e. The minimum atomic E-state index is 0. The van der Waals surface area contributed by atoms with Crippen molar-refractivity contribution in [3.63, 3.8) is 0 Å². The smallest absolute Gasteiger partial charge is 0.230 e. The quantitative estimate of drug-likeness (QED) is 0.637. The Hall–Kier alpha value is -1.92. The van der Waals surface area contributed by atoms with E-state index < -0.39 is 0 Å². The summed E-state index contributed by atoms with van der Waals surface area (Å²) in [5.74, 6) is 0.0421. The van der Waals surface area contributed by atoms with Crippen LogP contribution < -0.4 is 31.8 Å². The van der Waals surface area contributed by atoms with E-state index in [0.717, 1.165) is 31.9 Å². The van der Waals surface area contributed by atoms with Crippen molar-refractivity contribution in [3.05, 3.63) is 54.4 Å². The number of carbonyl (C=O) groups excluding carboxylic acids is 1. The Bertz CT molecular complexity index is 695. The molecule has 140 valence electrons. The zero-order valence-electron chi connectivity index (χ0n) is 15.5. The summed E-state index contributed by atoms with van der Waals surface area (Å²) in [7, 11) is 2.16. The molecule has 1 amide bonds. The van der Waals surface area contributed by atoms with E-state index in [0.29, 0.717) is 13.0 Å². The first-order valence-electron chi connectivity index (χ1n) is 8.89. The van der Waals surface area contributed by atoms with Crippen LogP contribution in [0.5, 0.6) is 0 Å². The summed E-state index contributed by atoms with van der Waals surface area (Å²) >= 11 is 0. The lowest BCUT2D eigenvalue weighted by atomic mass is 10.2. The van der Waals surface area contributed by atoms with Gasteiger partial charge in [0.05, 0.1) is 6.42 Å². The second-order valence-electron chi connectivity index (χ2n) is 6.75. The summed E-state index contributed by atoms with van der Waals surface area (Å²) < 4.78 is 2.03. The number of aryl methyl sites for hydroxylation is 2. The van der Waals surface area contributed by atoms with Crippen LogP contribution in [0.15, 0.2) is 48.8 Å². The standard InChI is InChI=1S/C20H26N4O.BrH/c1-17-7-10-23(11-8-17)12-9-20(25)21-18-3-5-19(6-4-18)24-15-13-22(2)14-16-24;/h3-8,10-11H,9,12-16H2,1-2H3;1H. The number of nitrogens with one attached hydrogen (secondary N) is 1. The SMILES string of the molecule is Cc1cc[n+](CCC(=O)Nc2ccc(N3CCN(C)CC3)cc2)cc1.[Br-]. The molecule has 26 heavy (non-hydrogen) atoms. The summed E-state index contributed by atoms with van der Waals surface area (Å²) in [6, 6.07) is 12.3. The lowest BCUT2D eigenvalue weighted by Gasteiger charge is -2.34. The third-order valence-corrected chi connectivity index (χ3v) is 4.67. The maximum atomic E-state index is 12.1. The Morgan fingerprint density at radius 2 is 1.65 bits per heavy atom. The van der Waals surface area contributed by atoms with Gasteiger partial charge in [-0.15, -0.1) is 0 Å². The third-order valence-electron chi connectivity index (χ3n) is 4.67. The molecule has 0 atom stereocenters. The number of nitrogens with zero attached hydrogens (tertiary/aromatic N) is 3. The molecule has 2 heterocycles. The molecule has 5 nitrogen and oxygen atoms in total. The van der Waals surface area contributed by atoms with Gasteiger partial charge in [-0.05, 0) is 43.8 Å². The van der Waals surface area contributed by atoms with Gasteiger partial charge in [0.25, 0.3) is 0 Å². The molecule has 1 fully saturated rings. The fourth-order valence-electron chi connectivity index (χ4n) is 2.96. The number of carbonyl (C=O) groups is 1. The second-order valence-corrected chi connectivity index (χ2v) is 6.75. The Morgan fingerprint density at radius 3 is 2.27 bits per heavy atom. The molecule has 1 N–H and O–H groups in total. The van der Waals surface area contributed by atoms with E-state index in [1.807, 2.05) is 29.1 Å². The van der Waals surface area contributed by atoms with Gasteiger partial charge in [-0.3, -0.25) is 4.79 Å². The van der Waals surface area contributed by atoms with E-state index in [1.54, 1.807) is 0 Å². The number of amides is 1. The number of hydrogen-bond acceptors (Lipinski definition) is 3. The van der Waals surface area contributed by atoms with Gasteiger partial charge in [0.2, 0.25) is 5.91 Å². The molecule has 0 bridgehead atoms. The van der Waals surface area contributed by atoms with Crippen molar-refractivity contribution in [2.24, 2.45) is 0 Å². The molecular weight excluding hydrogens is 392 g/mol. The highest BCUT2D eigenvalue weighted by Gasteiger charge is 2.14. The van der Waals surface area contributed by atoms with E-state index in [9.17, 15) is 4.79 Å². The maximum absolute atomic E-state index is 12.1. The van der Waals surface area contributed by atoms with Crippen LogP contribution in [0, 0.1) is 6.92 Å². The monoisotopic (exact) mass is 418 g/mol. The van der Waals surface area contributed by atoms with Crippen molar-refractivity contribution in [2.45, 2.75) is 19.9 Å². The van der Waals surface area contributed by atoms with Crippen LogP contribution in [-0.2, 0) is 11.3 Å². The molecule has 0 unspecified atom stereocenters. The van der Waals surface area contributed by atoms with Crippen LogP contribution >= 0.6 is 0 Å². The van der Waals surface area contributed by atoms with Gasteiger partial charge in [0, 0.05) is 49.7 Å². The van der Waals surface area contributed by atoms with E-state index in [4.69, 9.17) is 0 Å². The van der Waals surface area contributed by atoms with Crippen LogP contribution in [0.3, 0.4) is 0 Å². The minimum Gasteiger partial charge on any atom is -1.00 e. The van der Waals surface area contributed by atoms with Gasteiger partial charge in [-0.25, -0.2) is 4.57 Å². The van der Waals surface area contributed by atoms with Crippen molar-refractivity contribution >= 4 is 17.3 Å². The maximum Gasteiger partial charge on any atom is 0.230 e. The predicted octanol–water partition coefficient (Wildman–Crippen LogP) is -0.933. The first-order valence-corrected chi connectivity index (χ1v) is 8.89. The van der Waals surface area contributed by atoms with Crippen LogP contribution in [0.2, 0.25) is 0 Å². The molecule has 0 aliphatic carbocycles. The second kappa shape index (κ2) is 9.69. The Kier molecular flexibility index (Phi) is 7.60. The summed E-state index contributed by atoms with van der Waals surface area (Å²) in [6.07, 6.45) is 4.48. The van der Waals surface area contributed by atoms with Crippen LogP contribution in [-0.4, -0.2) is 44.0 Å². The number of benzene rings is 1. The first kappa shape index (κ1) is 20.4. The van der Waals surface area contributed by atoms with Crippen LogP contribution in [0.4, 0.5) is 11.4 Å². The number of rotatable bonds is 5.